The van der Waals surface area contributed by atoms with Crippen LogP contribution in [0.25, 0.3) is 11.3 Å². The quantitative estimate of drug-likeness (QED) is 0.177. The fraction of sp³-hybridized carbons (Fsp3) is 0.174. The third-order valence-corrected chi connectivity index (χ3v) is 5.63. The Labute approximate surface area is 208 Å². The molecule has 3 aromatic heterocycles. The molecule has 1 atom stereocenters. The van der Waals surface area contributed by atoms with Gasteiger partial charge in [0.05, 0.1) is 18.5 Å². The topological polar surface area (TPSA) is 148 Å². The van der Waals surface area contributed by atoms with Crippen LogP contribution in [0.2, 0.25) is 0 Å². The summed E-state index contributed by atoms with van der Waals surface area (Å²) in [6.07, 6.45) is 3.41. The Morgan fingerprint density at radius 2 is 1.92 bits per heavy atom. The molecule has 1 unspecified atom stereocenters. The number of phosphoric ester groups is 1. The predicted molar refractivity (Wildman–Crippen MR) is 120 cm³/mol. The van der Waals surface area contributed by atoms with Crippen LogP contribution in [0.15, 0.2) is 59.4 Å². The van der Waals surface area contributed by atoms with E-state index in [1.807, 2.05) is 0 Å². The number of hydrogen-bond donors (Lipinski definition) is 2. The molecule has 194 valence electrons. The van der Waals surface area contributed by atoms with Crippen LogP contribution in [0.1, 0.15) is 16.8 Å². The molecule has 0 amide bonds. The maximum Gasteiger partial charge on any atom is 0.285 e. The lowest BCUT2D eigenvalue weighted by Crippen LogP contribution is -2.38. The van der Waals surface area contributed by atoms with Crippen LogP contribution in [-0.4, -0.2) is 21.6 Å². The molecule has 0 saturated heterocycles. The lowest BCUT2D eigenvalue weighted by atomic mass is 10.1. The summed E-state index contributed by atoms with van der Waals surface area (Å²) in [6, 6.07) is 9.53. The van der Waals surface area contributed by atoms with Gasteiger partial charge in [-0.15, -0.1) is 0 Å². The van der Waals surface area contributed by atoms with E-state index in [9.17, 15) is 22.6 Å². The standard InChI is InChI=1S/C23H20F3N4O6P/c24-18-11-20(26)19(25)9-15(18)5-7-34-22-4-3-14(12-28-22)8-16-10-21(36-29-16)17-2-1-6-30(23(17)27)13-35-37(31,32)33/h1-4,6,9-12,27H,5,7-8,13H2,(H2,31,32,33). The molecule has 0 bridgehead atoms. The van der Waals surface area contributed by atoms with Crippen LogP contribution in [0, 0.1) is 17.5 Å². The zero-order chi connectivity index (χ0) is 26.6. The van der Waals surface area contributed by atoms with E-state index in [1.165, 1.54) is 10.8 Å². The van der Waals surface area contributed by atoms with Gasteiger partial charge >= 0.3 is 0 Å². The lowest BCUT2D eigenvalue weighted by Gasteiger charge is -2.14. The molecule has 0 fully saturated rings. The highest BCUT2D eigenvalue weighted by molar-refractivity contribution is 7.44. The minimum Gasteiger partial charge on any atom is -0.756 e. The molecule has 4 aromatic rings. The van der Waals surface area contributed by atoms with Crippen molar-refractivity contribution >= 4 is 13.6 Å². The van der Waals surface area contributed by atoms with E-state index in [0.29, 0.717) is 29.5 Å². The van der Waals surface area contributed by atoms with Crippen LogP contribution in [0.5, 0.6) is 5.88 Å². The van der Waals surface area contributed by atoms with Crippen molar-refractivity contribution in [3.05, 3.63) is 89.1 Å². The maximum absolute atomic E-state index is 13.7. The summed E-state index contributed by atoms with van der Waals surface area (Å²) in [7, 11) is -4.92. The summed E-state index contributed by atoms with van der Waals surface area (Å²) in [5.74, 6) is -2.51. The second-order valence-electron chi connectivity index (χ2n) is 7.82. The van der Waals surface area contributed by atoms with Gasteiger partial charge in [-0.25, -0.2) is 22.7 Å². The number of ether oxygens (including phenoxy) is 1. The minimum absolute atomic E-state index is 0.00624. The zero-order valence-corrected chi connectivity index (χ0v) is 19.9. The van der Waals surface area contributed by atoms with Gasteiger partial charge in [0.25, 0.3) is 13.6 Å². The van der Waals surface area contributed by atoms with E-state index >= 15 is 0 Å². The summed E-state index contributed by atoms with van der Waals surface area (Å²) < 4.78 is 67.3. The molecule has 0 saturated carbocycles. The van der Waals surface area contributed by atoms with Gasteiger partial charge in [0.2, 0.25) is 5.88 Å². The van der Waals surface area contributed by atoms with Crippen molar-refractivity contribution in [2.45, 2.75) is 19.6 Å². The van der Waals surface area contributed by atoms with Gasteiger partial charge in [-0.1, -0.05) is 11.2 Å². The van der Waals surface area contributed by atoms with E-state index in [0.717, 1.165) is 11.6 Å². The van der Waals surface area contributed by atoms with Gasteiger partial charge in [-0.05, 0) is 29.3 Å². The molecule has 37 heavy (non-hydrogen) atoms. The molecule has 3 heterocycles. The Kier molecular flexibility index (Phi) is 7.89. The van der Waals surface area contributed by atoms with Gasteiger partial charge in [-0.3, -0.25) is 14.8 Å². The number of rotatable bonds is 10. The van der Waals surface area contributed by atoms with Gasteiger partial charge in [0.1, 0.15) is 11.4 Å². The monoisotopic (exact) mass is 536 g/mol. The maximum atomic E-state index is 13.7. The molecule has 4 rings (SSSR count). The van der Waals surface area contributed by atoms with Gasteiger partial charge in [0, 0.05) is 37.2 Å². The van der Waals surface area contributed by atoms with Crippen molar-refractivity contribution in [1.82, 2.24) is 10.1 Å². The molecule has 14 heteroatoms. The average molecular weight is 536 g/mol. The molecule has 0 spiro atoms. The summed E-state index contributed by atoms with van der Waals surface area (Å²) in [6.45, 7) is -0.511. The highest BCUT2D eigenvalue weighted by atomic mass is 31.2. The second-order valence-corrected chi connectivity index (χ2v) is 9.02. The molecule has 3 N–H and O–H groups in total. The summed E-state index contributed by atoms with van der Waals surface area (Å²) in [4.78, 5) is 23.8. The number of anilines is 1. The highest BCUT2D eigenvalue weighted by Gasteiger charge is 2.18. The first-order valence-electron chi connectivity index (χ1n) is 10.7. The smallest absolute Gasteiger partial charge is 0.285 e. The number of nitrogen functional groups attached to an aromatic ring is 1. The fourth-order valence-corrected chi connectivity index (χ4v) is 3.64. The SMILES string of the molecule is Nc1c(-c2cc(Cc3ccc(OCCc4cc(F)c(F)cc4F)nc3)no2)ccc[n+]1COP(=O)([O-])O. The van der Waals surface area contributed by atoms with E-state index < -0.39 is 32.0 Å². The summed E-state index contributed by atoms with van der Waals surface area (Å²) in [5.41, 5.74) is 7.83. The molecule has 10 nitrogen and oxygen atoms in total. The molecule has 0 radical (unpaired) electrons. The number of nitrogens with two attached hydrogens (primary N) is 1. The van der Waals surface area contributed by atoms with Crippen molar-refractivity contribution in [1.29, 1.82) is 0 Å². The molecular formula is C23H20F3N4O6P. The molecule has 0 aliphatic rings. The Balaban J connectivity index is 1.35. The Morgan fingerprint density at radius 1 is 1.14 bits per heavy atom. The third kappa shape index (κ3) is 6.92. The second kappa shape index (κ2) is 11.1. The van der Waals surface area contributed by atoms with Gasteiger partial charge in [0.15, 0.2) is 24.1 Å². The fourth-order valence-electron chi connectivity index (χ4n) is 3.37. The lowest BCUT2D eigenvalue weighted by molar-refractivity contribution is -0.712. The number of aromatic nitrogens is 3. The Bertz CT molecular complexity index is 1450. The molecule has 0 aliphatic carbocycles. The number of nitrogens with zero attached hydrogens (tertiary/aromatic N) is 3. The number of phosphoric acid groups is 1. The first kappa shape index (κ1) is 26.3. The molecular weight excluding hydrogens is 516 g/mol. The number of pyridine rings is 2. The predicted octanol–water partition coefficient (Wildman–Crippen LogP) is 2.67. The van der Waals surface area contributed by atoms with Crippen LogP contribution in [-0.2, 0) is 28.7 Å². The van der Waals surface area contributed by atoms with Crippen molar-refractivity contribution in [3.63, 3.8) is 0 Å². The van der Waals surface area contributed by atoms with Crippen molar-refractivity contribution in [3.8, 4) is 17.2 Å². The van der Waals surface area contributed by atoms with Crippen molar-refractivity contribution < 1.29 is 45.9 Å². The van der Waals surface area contributed by atoms with E-state index in [1.54, 1.807) is 36.5 Å². The molecule has 1 aromatic carbocycles. The van der Waals surface area contributed by atoms with E-state index in [2.05, 4.69) is 14.7 Å². The van der Waals surface area contributed by atoms with Crippen LogP contribution in [0.4, 0.5) is 19.0 Å². The molecule has 0 aliphatic heterocycles. The van der Waals surface area contributed by atoms with Crippen molar-refractivity contribution in [2.24, 2.45) is 0 Å². The number of benzene rings is 1. The normalized spacial score (nSPS) is 12.9. The van der Waals surface area contributed by atoms with E-state index in [4.69, 9.17) is 19.9 Å². The Hall–Kier alpha value is -3.77. The minimum atomic E-state index is -4.92. The Morgan fingerprint density at radius 3 is 2.65 bits per heavy atom. The van der Waals surface area contributed by atoms with E-state index in [-0.39, 0.29) is 30.3 Å². The third-order valence-electron chi connectivity index (χ3n) is 5.19. The van der Waals surface area contributed by atoms with Gasteiger partial charge < -0.3 is 19.0 Å². The number of hydrogen-bond acceptors (Lipinski definition) is 8. The largest absolute Gasteiger partial charge is 0.756 e. The van der Waals surface area contributed by atoms with Crippen molar-refractivity contribution in [2.75, 3.05) is 12.3 Å². The van der Waals surface area contributed by atoms with Crippen LogP contribution >= 0.6 is 7.82 Å². The first-order valence-corrected chi connectivity index (χ1v) is 12.2. The average Bonchev–Trinajstić information content (AvgIpc) is 3.30. The highest BCUT2D eigenvalue weighted by Crippen LogP contribution is 2.30. The van der Waals surface area contributed by atoms with Crippen LogP contribution < -0.4 is 19.9 Å². The number of halogens is 3. The first-order chi connectivity index (χ1) is 17.6. The van der Waals surface area contributed by atoms with Crippen LogP contribution in [0.3, 0.4) is 0 Å². The summed E-state index contributed by atoms with van der Waals surface area (Å²) in [5, 5.41) is 4.01. The van der Waals surface area contributed by atoms with Gasteiger partial charge in [-0.2, -0.15) is 0 Å². The zero-order valence-electron chi connectivity index (χ0n) is 19.0. The summed E-state index contributed by atoms with van der Waals surface area (Å²) >= 11 is 0.